The van der Waals surface area contributed by atoms with Crippen molar-refractivity contribution < 1.29 is 28.6 Å². The van der Waals surface area contributed by atoms with Gasteiger partial charge in [-0.15, -0.1) is 0 Å². The van der Waals surface area contributed by atoms with E-state index in [9.17, 15) is 19.1 Å². The van der Waals surface area contributed by atoms with Gasteiger partial charge in [-0.05, 0) is 85.5 Å². The number of Topliss-reactive ketones (excluding diaryl/α,β-unsaturated/α-hetero) is 1. The molecule has 1 amide bonds. The van der Waals surface area contributed by atoms with Crippen LogP contribution in [0.5, 0.6) is 11.5 Å². The number of aliphatic hydroxyl groups is 1. The Kier molecular flexibility index (Phi) is 7.88. The van der Waals surface area contributed by atoms with Crippen molar-refractivity contribution in [2.24, 2.45) is 0 Å². The van der Waals surface area contributed by atoms with Crippen molar-refractivity contribution in [2.45, 2.75) is 33.4 Å². The van der Waals surface area contributed by atoms with Gasteiger partial charge in [0.25, 0.3) is 5.78 Å². The second-order valence-electron chi connectivity index (χ2n) is 10.5. The first-order valence-electron chi connectivity index (χ1n) is 14.1. The van der Waals surface area contributed by atoms with Crippen molar-refractivity contribution in [3.05, 3.63) is 124 Å². The van der Waals surface area contributed by atoms with Crippen LogP contribution in [0.2, 0.25) is 0 Å². The van der Waals surface area contributed by atoms with E-state index in [4.69, 9.17) is 14.5 Å². The molecule has 44 heavy (non-hydrogen) atoms. The van der Waals surface area contributed by atoms with Gasteiger partial charge in [0.05, 0.1) is 28.4 Å². The summed E-state index contributed by atoms with van der Waals surface area (Å²) in [5, 5.41) is 11.8. The van der Waals surface area contributed by atoms with Gasteiger partial charge in [-0.2, -0.15) is 0 Å². The molecule has 2 heterocycles. The fourth-order valence-electron chi connectivity index (χ4n) is 5.39. The number of hydrogen-bond acceptors (Lipinski definition) is 7. The third-order valence-corrected chi connectivity index (χ3v) is 8.41. The van der Waals surface area contributed by atoms with Crippen LogP contribution in [-0.4, -0.2) is 28.4 Å². The molecule has 1 saturated heterocycles. The van der Waals surface area contributed by atoms with Gasteiger partial charge >= 0.3 is 5.91 Å². The van der Waals surface area contributed by atoms with Gasteiger partial charge in [-0.1, -0.05) is 53.8 Å². The highest BCUT2D eigenvalue weighted by atomic mass is 32.1. The van der Waals surface area contributed by atoms with E-state index in [1.165, 1.54) is 40.5 Å². The Hall–Kier alpha value is -5.02. The fraction of sp³-hybridized carbons (Fsp3) is 0.171. The number of anilines is 1. The van der Waals surface area contributed by atoms with Crippen LogP contribution >= 0.6 is 11.3 Å². The van der Waals surface area contributed by atoms with E-state index < -0.39 is 29.3 Å². The molecule has 0 aliphatic carbocycles. The molecule has 0 saturated carbocycles. The molecule has 1 fully saturated rings. The number of fused-ring (bicyclic) bond motifs is 1. The first-order chi connectivity index (χ1) is 21.2. The van der Waals surface area contributed by atoms with Gasteiger partial charge in [0, 0.05) is 5.56 Å². The highest BCUT2D eigenvalue weighted by Crippen LogP contribution is 2.46. The molecule has 0 spiro atoms. The summed E-state index contributed by atoms with van der Waals surface area (Å²) in [6, 6.07) is 23.0. The zero-order valence-electron chi connectivity index (χ0n) is 24.3. The summed E-state index contributed by atoms with van der Waals surface area (Å²) in [5.41, 5.74) is 4.29. The number of ketones is 1. The lowest BCUT2D eigenvalue weighted by molar-refractivity contribution is -0.132. The van der Waals surface area contributed by atoms with Crippen molar-refractivity contribution in [1.29, 1.82) is 0 Å². The highest BCUT2D eigenvalue weighted by Gasteiger charge is 2.48. The average Bonchev–Trinajstić information content (AvgIpc) is 3.55. The number of benzene rings is 4. The second-order valence-corrected chi connectivity index (χ2v) is 11.5. The number of aliphatic hydroxyl groups excluding tert-OH is 1. The molecule has 1 atom stereocenters. The van der Waals surface area contributed by atoms with Crippen molar-refractivity contribution in [1.82, 2.24) is 4.98 Å². The SMILES string of the molecule is CCOc1cc(C2C(=C(O)c3ccc(F)cc3)C(=O)C(=O)N2c2nc3c(C)cc(C)cc3s2)ccc1OCc1ccccc1. The second kappa shape index (κ2) is 11.9. The minimum atomic E-state index is -1.04. The number of ether oxygens (including phenoxy) is 2. The number of aryl methyl sites for hydroxylation is 2. The van der Waals surface area contributed by atoms with Crippen LogP contribution in [0.1, 0.15) is 40.8 Å². The third-order valence-electron chi connectivity index (χ3n) is 7.41. The Morgan fingerprint density at radius 3 is 2.43 bits per heavy atom. The zero-order valence-corrected chi connectivity index (χ0v) is 25.2. The molecule has 222 valence electrons. The van der Waals surface area contributed by atoms with Crippen LogP contribution in [0.15, 0.2) is 90.5 Å². The lowest BCUT2D eigenvalue weighted by atomic mass is 9.95. The van der Waals surface area contributed by atoms with E-state index in [1.54, 1.807) is 18.2 Å². The summed E-state index contributed by atoms with van der Waals surface area (Å²) < 4.78 is 26.6. The molecule has 9 heteroatoms. The first-order valence-corrected chi connectivity index (χ1v) is 14.9. The quantitative estimate of drug-likeness (QED) is 0.111. The van der Waals surface area contributed by atoms with Crippen LogP contribution in [0, 0.1) is 19.7 Å². The predicted molar refractivity (Wildman–Crippen MR) is 169 cm³/mol. The van der Waals surface area contributed by atoms with Crippen LogP contribution in [0.4, 0.5) is 9.52 Å². The zero-order chi connectivity index (χ0) is 31.0. The molecule has 4 aromatic carbocycles. The maximum Gasteiger partial charge on any atom is 0.301 e. The number of carbonyl (C=O) groups is 2. The molecule has 1 N–H and O–H groups in total. The summed E-state index contributed by atoms with van der Waals surface area (Å²) in [5.74, 6) is -1.69. The largest absolute Gasteiger partial charge is 0.507 e. The average molecular weight is 609 g/mol. The van der Waals surface area contributed by atoms with Gasteiger partial charge in [-0.3, -0.25) is 14.5 Å². The minimum Gasteiger partial charge on any atom is -0.507 e. The Bertz CT molecular complexity index is 1920. The lowest BCUT2D eigenvalue weighted by Gasteiger charge is -2.24. The topological polar surface area (TPSA) is 89.0 Å². The number of aromatic nitrogens is 1. The van der Waals surface area contributed by atoms with Crippen LogP contribution in [0.3, 0.4) is 0 Å². The van der Waals surface area contributed by atoms with E-state index in [0.29, 0.717) is 35.4 Å². The fourth-order valence-corrected chi connectivity index (χ4v) is 6.56. The van der Waals surface area contributed by atoms with E-state index in [-0.39, 0.29) is 11.1 Å². The van der Waals surface area contributed by atoms with Crippen LogP contribution in [-0.2, 0) is 16.2 Å². The van der Waals surface area contributed by atoms with E-state index in [0.717, 1.165) is 26.9 Å². The van der Waals surface area contributed by atoms with Crippen molar-refractivity contribution in [3.63, 3.8) is 0 Å². The van der Waals surface area contributed by atoms with Gasteiger partial charge in [-0.25, -0.2) is 9.37 Å². The molecule has 6 rings (SSSR count). The molecule has 0 bridgehead atoms. The molecule has 0 radical (unpaired) electrons. The summed E-state index contributed by atoms with van der Waals surface area (Å²) in [6.07, 6.45) is 0. The number of rotatable bonds is 8. The first kappa shape index (κ1) is 29.1. The molecule has 1 aliphatic heterocycles. The van der Waals surface area contributed by atoms with Gasteiger partial charge in [0.2, 0.25) is 0 Å². The Balaban J connectivity index is 1.50. The van der Waals surface area contributed by atoms with Gasteiger partial charge in [0.15, 0.2) is 16.6 Å². The smallest absolute Gasteiger partial charge is 0.301 e. The summed E-state index contributed by atoms with van der Waals surface area (Å²) in [4.78, 5) is 33.5. The van der Waals surface area contributed by atoms with Crippen molar-refractivity contribution in [2.75, 3.05) is 11.5 Å². The molecule has 1 aromatic heterocycles. The maximum atomic E-state index is 13.7. The van der Waals surface area contributed by atoms with Gasteiger partial charge in [0.1, 0.15) is 18.2 Å². The van der Waals surface area contributed by atoms with Gasteiger partial charge < -0.3 is 14.6 Å². The predicted octanol–water partition coefficient (Wildman–Crippen LogP) is 7.66. The van der Waals surface area contributed by atoms with Crippen molar-refractivity contribution in [3.8, 4) is 11.5 Å². The Labute approximate surface area is 257 Å². The van der Waals surface area contributed by atoms with E-state index >= 15 is 0 Å². The number of hydrogen-bond donors (Lipinski definition) is 1. The highest BCUT2D eigenvalue weighted by molar-refractivity contribution is 7.22. The van der Waals surface area contributed by atoms with Crippen molar-refractivity contribution >= 4 is 44.1 Å². The number of thiazole rings is 1. The Morgan fingerprint density at radius 1 is 0.955 bits per heavy atom. The molecule has 5 aromatic rings. The number of carbonyl (C=O) groups excluding carboxylic acids is 2. The minimum absolute atomic E-state index is 0.130. The molecule has 1 aliphatic rings. The molecular weight excluding hydrogens is 579 g/mol. The van der Waals surface area contributed by atoms with Crippen LogP contribution < -0.4 is 14.4 Å². The third kappa shape index (κ3) is 5.42. The molecular formula is C35H29FN2O5S. The molecule has 7 nitrogen and oxygen atoms in total. The normalized spacial score (nSPS) is 16.1. The summed E-state index contributed by atoms with van der Waals surface area (Å²) >= 11 is 1.29. The Morgan fingerprint density at radius 2 is 1.70 bits per heavy atom. The standard InChI is InChI=1S/C35H29FN2O5S/c1-4-42-27-18-24(12-15-26(27)43-19-22-8-6-5-7-9-22)31-29(32(39)23-10-13-25(36)14-11-23)33(40)34(41)38(31)35-37-30-21(3)16-20(2)17-28(30)44-35/h5-18,31,39H,4,19H2,1-3H3. The van der Waals surface area contributed by atoms with E-state index in [2.05, 4.69) is 0 Å². The number of halogens is 1. The molecule has 1 unspecified atom stereocenters. The van der Waals surface area contributed by atoms with E-state index in [1.807, 2.05) is 63.2 Å². The lowest BCUT2D eigenvalue weighted by Crippen LogP contribution is -2.29. The number of amides is 1. The summed E-state index contributed by atoms with van der Waals surface area (Å²) in [7, 11) is 0. The monoisotopic (exact) mass is 608 g/mol. The number of nitrogens with zero attached hydrogens (tertiary/aromatic N) is 2. The van der Waals surface area contributed by atoms with Crippen LogP contribution in [0.25, 0.3) is 16.0 Å². The summed E-state index contributed by atoms with van der Waals surface area (Å²) in [6.45, 7) is 6.43. The maximum absolute atomic E-state index is 13.7.